The van der Waals surface area contributed by atoms with Crippen molar-refractivity contribution in [3.63, 3.8) is 0 Å². The summed E-state index contributed by atoms with van der Waals surface area (Å²) in [5.41, 5.74) is 0. The van der Waals surface area contributed by atoms with Crippen LogP contribution in [0.15, 0.2) is 0 Å². The van der Waals surface area contributed by atoms with Gasteiger partial charge in [-0.1, -0.05) is 0 Å². The number of carbonyl (C=O) groups is 1. The SMILES string of the molecule is O=C(CC1CSCCN1)NCC(O)C(F)(F)F. The molecule has 0 saturated carbocycles. The number of hydrogen-bond acceptors (Lipinski definition) is 4. The van der Waals surface area contributed by atoms with Crippen LogP contribution in [0, 0.1) is 0 Å². The van der Waals surface area contributed by atoms with Gasteiger partial charge in [0.25, 0.3) is 0 Å². The van der Waals surface area contributed by atoms with Crippen LogP contribution in [0.4, 0.5) is 13.2 Å². The number of amides is 1. The first-order valence-electron chi connectivity index (χ1n) is 5.22. The van der Waals surface area contributed by atoms with Crippen molar-refractivity contribution >= 4 is 17.7 Å². The third-order valence-electron chi connectivity index (χ3n) is 2.30. The smallest absolute Gasteiger partial charge is 0.382 e. The summed E-state index contributed by atoms with van der Waals surface area (Å²) >= 11 is 1.70. The average Bonchev–Trinajstić information content (AvgIpc) is 2.26. The fourth-order valence-corrected chi connectivity index (χ4v) is 2.32. The van der Waals surface area contributed by atoms with E-state index in [1.165, 1.54) is 0 Å². The molecule has 1 rings (SSSR count). The number of carbonyl (C=O) groups excluding carboxylic acids is 1. The second-order valence-corrected chi connectivity index (χ2v) is 4.94. The monoisotopic (exact) mass is 272 g/mol. The number of aliphatic hydroxyl groups is 1. The highest BCUT2D eigenvalue weighted by Gasteiger charge is 2.38. The molecule has 3 N–H and O–H groups in total. The maximum atomic E-state index is 11.9. The van der Waals surface area contributed by atoms with E-state index in [9.17, 15) is 18.0 Å². The molecule has 0 aromatic carbocycles. The van der Waals surface area contributed by atoms with Gasteiger partial charge in [-0.3, -0.25) is 4.79 Å². The highest BCUT2D eigenvalue weighted by atomic mass is 32.2. The zero-order valence-electron chi connectivity index (χ0n) is 9.09. The third kappa shape index (κ3) is 5.60. The highest BCUT2D eigenvalue weighted by Crippen LogP contribution is 2.19. The number of rotatable bonds is 4. The van der Waals surface area contributed by atoms with E-state index < -0.39 is 24.7 Å². The molecular formula is C9H15F3N2O2S. The standard InChI is InChI=1S/C9H15F3N2O2S/c10-9(11,12)7(15)4-14-8(16)3-6-5-17-2-1-13-6/h6-7,13,15H,1-5H2,(H,14,16). The molecule has 1 aliphatic heterocycles. The van der Waals surface area contributed by atoms with E-state index >= 15 is 0 Å². The molecule has 0 aromatic heterocycles. The van der Waals surface area contributed by atoms with Gasteiger partial charge in [0, 0.05) is 30.5 Å². The first-order valence-corrected chi connectivity index (χ1v) is 6.37. The minimum Gasteiger partial charge on any atom is -0.382 e. The van der Waals surface area contributed by atoms with E-state index in [4.69, 9.17) is 5.11 Å². The van der Waals surface area contributed by atoms with Crippen molar-refractivity contribution < 1.29 is 23.1 Å². The van der Waals surface area contributed by atoms with Crippen LogP contribution in [0.5, 0.6) is 0 Å². The van der Waals surface area contributed by atoms with Gasteiger partial charge in [0.15, 0.2) is 6.10 Å². The Hall–Kier alpha value is -0.470. The Morgan fingerprint density at radius 2 is 2.29 bits per heavy atom. The van der Waals surface area contributed by atoms with Crippen molar-refractivity contribution in [1.82, 2.24) is 10.6 Å². The number of aliphatic hydroxyl groups excluding tert-OH is 1. The fraction of sp³-hybridized carbons (Fsp3) is 0.889. The van der Waals surface area contributed by atoms with Crippen LogP contribution in [0.2, 0.25) is 0 Å². The second-order valence-electron chi connectivity index (χ2n) is 3.79. The molecule has 17 heavy (non-hydrogen) atoms. The van der Waals surface area contributed by atoms with Gasteiger partial charge in [-0.15, -0.1) is 0 Å². The Balaban J connectivity index is 2.20. The van der Waals surface area contributed by atoms with E-state index in [0.29, 0.717) is 0 Å². The Kier molecular flexibility index (Phi) is 5.54. The van der Waals surface area contributed by atoms with Crippen molar-refractivity contribution in [3.05, 3.63) is 0 Å². The second kappa shape index (κ2) is 6.46. The van der Waals surface area contributed by atoms with Crippen molar-refractivity contribution in [2.75, 3.05) is 24.6 Å². The van der Waals surface area contributed by atoms with Crippen LogP contribution in [0.3, 0.4) is 0 Å². The summed E-state index contributed by atoms with van der Waals surface area (Å²) in [4.78, 5) is 11.3. The van der Waals surface area contributed by atoms with E-state index in [2.05, 4.69) is 10.6 Å². The molecule has 1 heterocycles. The summed E-state index contributed by atoms with van der Waals surface area (Å²) in [6.45, 7) is 0.00991. The van der Waals surface area contributed by atoms with Gasteiger partial charge in [0.1, 0.15) is 0 Å². The van der Waals surface area contributed by atoms with Gasteiger partial charge in [-0.25, -0.2) is 0 Å². The predicted molar refractivity (Wildman–Crippen MR) is 58.8 cm³/mol. The Labute approximate surface area is 101 Å². The van der Waals surface area contributed by atoms with E-state index in [1.54, 1.807) is 11.8 Å². The van der Waals surface area contributed by atoms with Gasteiger partial charge < -0.3 is 15.7 Å². The molecule has 100 valence electrons. The summed E-state index contributed by atoms with van der Waals surface area (Å²) in [7, 11) is 0. The Bertz CT molecular complexity index is 257. The quantitative estimate of drug-likeness (QED) is 0.680. The minimum absolute atomic E-state index is 0.00298. The fourth-order valence-electron chi connectivity index (χ4n) is 1.37. The van der Waals surface area contributed by atoms with Crippen LogP contribution in [-0.4, -0.2) is 53.9 Å². The molecule has 0 spiro atoms. The number of halogens is 3. The van der Waals surface area contributed by atoms with Gasteiger partial charge in [0.2, 0.25) is 5.91 Å². The Morgan fingerprint density at radius 1 is 1.59 bits per heavy atom. The Morgan fingerprint density at radius 3 is 2.82 bits per heavy atom. The van der Waals surface area contributed by atoms with Gasteiger partial charge in [0.05, 0.1) is 6.54 Å². The summed E-state index contributed by atoms with van der Waals surface area (Å²) in [6.07, 6.45) is -7.05. The molecular weight excluding hydrogens is 257 g/mol. The lowest BCUT2D eigenvalue weighted by Crippen LogP contribution is -2.44. The average molecular weight is 272 g/mol. The van der Waals surface area contributed by atoms with Gasteiger partial charge >= 0.3 is 6.18 Å². The normalized spacial score (nSPS) is 23.2. The lowest BCUT2D eigenvalue weighted by atomic mass is 10.2. The molecule has 2 unspecified atom stereocenters. The molecule has 8 heteroatoms. The van der Waals surface area contributed by atoms with Crippen LogP contribution < -0.4 is 10.6 Å². The molecule has 0 aliphatic carbocycles. The van der Waals surface area contributed by atoms with Gasteiger partial charge in [-0.2, -0.15) is 24.9 Å². The zero-order chi connectivity index (χ0) is 12.9. The van der Waals surface area contributed by atoms with Crippen molar-refractivity contribution in [2.45, 2.75) is 24.7 Å². The lowest BCUT2D eigenvalue weighted by molar-refractivity contribution is -0.201. The number of nitrogens with one attached hydrogen (secondary N) is 2. The van der Waals surface area contributed by atoms with Crippen LogP contribution in [-0.2, 0) is 4.79 Å². The van der Waals surface area contributed by atoms with Crippen molar-refractivity contribution in [1.29, 1.82) is 0 Å². The summed E-state index contributed by atoms with van der Waals surface area (Å²) in [5, 5.41) is 13.9. The lowest BCUT2D eigenvalue weighted by Gasteiger charge is -2.23. The molecule has 0 bridgehead atoms. The molecule has 1 fully saturated rings. The molecule has 1 saturated heterocycles. The van der Waals surface area contributed by atoms with E-state index in [1.807, 2.05) is 0 Å². The van der Waals surface area contributed by atoms with Crippen LogP contribution in [0.25, 0.3) is 0 Å². The molecule has 0 radical (unpaired) electrons. The third-order valence-corrected chi connectivity index (χ3v) is 3.43. The summed E-state index contributed by atoms with van der Waals surface area (Å²) < 4.78 is 35.8. The van der Waals surface area contributed by atoms with Crippen LogP contribution >= 0.6 is 11.8 Å². The first-order chi connectivity index (χ1) is 7.89. The molecule has 2 atom stereocenters. The molecule has 1 aliphatic rings. The van der Waals surface area contributed by atoms with Crippen molar-refractivity contribution in [2.24, 2.45) is 0 Å². The maximum Gasteiger partial charge on any atom is 0.416 e. The molecule has 0 aromatic rings. The predicted octanol–water partition coefficient (Wildman–Crippen LogP) is 0.121. The van der Waals surface area contributed by atoms with E-state index in [-0.39, 0.29) is 12.5 Å². The number of hydrogen-bond donors (Lipinski definition) is 3. The summed E-state index contributed by atoms with van der Waals surface area (Å²) in [6, 6.07) is -0.00298. The number of alkyl halides is 3. The van der Waals surface area contributed by atoms with Gasteiger partial charge in [-0.05, 0) is 0 Å². The van der Waals surface area contributed by atoms with E-state index in [0.717, 1.165) is 18.1 Å². The zero-order valence-corrected chi connectivity index (χ0v) is 9.90. The maximum absolute atomic E-state index is 11.9. The minimum atomic E-state index is -4.69. The molecule has 4 nitrogen and oxygen atoms in total. The van der Waals surface area contributed by atoms with Crippen molar-refractivity contribution in [3.8, 4) is 0 Å². The van der Waals surface area contributed by atoms with Crippen LogP contribution in [0.1, 0.15) is 6.42 Å². The largest absolute Gasteiger partial charge is 0.416 e. The topological polar surface area (TPSA) is 61.4 Å². The molecule has 1 amide bonds. The summed E-state index contributed by atoms with van der Waals surface area (Å²) in [5.74, 6) is 1.27. The first kappa shape index (κ1) is 14.6. The highest BCUT2D eigenvalue weighted by molar-refractivity contribution is 7.99. The number of thioether (sulfide) groups is 1.